The molecule has 1 heterocycles. The van der Waals surface area contributed by atoms with Crippen molar-refractivity contribution < 1.29 is 53.3 Å². The number of halogens is 2. The maximum absolute atomic E-state index is 14.0. The molecule has 150 valence electrons. The molecule has 3 rings (SSSR count). The Morgan fingerprint density at radius 1 is 1.07 bits per heavy atom. The molecule has 0 aliphatic carbocycles. The van der Waals surface area contributed by atoms with Crippen molar-refractivity contribution in [3.63, 3.8) is 0 Å². The van der Waals surface area contributed by atoms with Crippen LogP contribution in [0.2, 0.25) is 5.02 Å². The van der Waals surface area contributed by atoms with E-state index in [1.807, 2.05) is 18.2 Å². The summed E-state index contributed by atoms with van der Waals surface area (Å²) < 4.78 is 24.8. The number of carbonyl (C=O) groups excluding carboxylic acids is 1. The van der Waals surface area contributed by atoms with E-state index in [4.69, 9.17) is 21.1 Å². The minimum Gasteiger partial charge on any atom is -0.546 e. The number of hydrogen-bond donors (Lipinski definition) is 0. The van der Waals surface area contributed by atoms with E-state index in [1.54, 1.807) is 31.4 Å². The van der Waals surface area contributed by atoms with Crippen LogP contribution in [0.1, 0.15) is 13.8 Å². The molecule has 0 N–H and O–H groups in total. The van der Waals surface area contributed by atoms with Crippen molar-refractivity contribution in [3.05, 3.63) is 65.4 Å². The summed E-state index contributed by atoms with van der Waals surface area (Å²) in [5.74, 6) is -1.26. The monoisotopic (exact) mass is 437 g/mol. The van der Waals surface area contributed by atoms with Crippen LogP contribution in [0.3, 0.4) is 0 Å². The average Bonchev–Trinajstić information content (AvgIpc) is 2.69. The van der Waals surface area contributed by atoms with Gasteiger partial charge in [-0.05, 0) is 55.3 Å². The number of benzene rings is 2. The largest absolute Gasteiger partial charge is 1.00 e. The summed E-state index contributed by atoms with van der Waals surface area (Å²) in [6, 6.07) is 15.0. The SMILES string of the molecule is COc1cccc(-c2cc(OC(C)(C)C(=O)[O-])nc(-c3ccc(Cl)c(F)c3)c2)c1.[Na+]. The van der Waals surface area contributed by atoms with Crippen molar-refractivity contribution >= 4 is 17.6 Å². The fraction of sp³-hybridized carbons (Fsp3) is 0.182. The van der Waals surface area contributed by atoms with E-state index in [0.29, 0.717) is 22.6 Å². The Bertz CT molecular complexity index is 1070. The Balaban J connectivity index is 0.00000320. The van der Waals surface area contributed by atoms with E-state index < -0.39 is 17.4 Å². The minimum atomic E-state index is -1.61. The topological polar surface area (TPSA) is 71.5 Å². The average molecular weight is 438 g/mol. The summed E-state index contributed by atoms with van der Waals surface area (Å²) in [4.78, 5) is 15.7. The molecule has 0 spiro atoms. The van der Waals surface area contributed by atoms with Gasteiger partial charge in [-0.2, -0.15) is 0 Å². The van der Waals surface area contributed by atoms with Crippen LogP contribution in [0, 0.1) is 5.82 Å². The third kappa shape index (κ3) is 5.52. The summed E-state index contributed by atoms with van der Waals surface area (Å²) in [6.45, 7) is 2.73. The molecule has 0 amide bonds. The van der Waals surface area contributed by atoms with Gasteiger partial charge in [0.05, 0.1) is 23.8 Å². The molecule has 3 aromatic rings. The third-order valence-corrected chi connectivity index (χ3v) is 4.58. The van der Waals surface area contributed by atoms with Gasteiger partial charge in [0.2, 0.25) is 5.88 Å². The van der Waals surface area contributed by atoms with Gasteiger partial charge in [0.1, 0.15) is 17.2 Å². The number of nitrogens with zero attached hydrogens (tertiary/aromatic N) is 1. The van der Waals surface area contributed by atoms with Gasteiger partial charge in [0.25, 0.3) is 0 Å². The van der Waals surface area contributed by atoms with Crippen molar-refractivity contribution in [2.24, 2.45) is 0 Å². The molecule has 0 saturated carbocycles. The standard InChI is InChI=1S/C22H19ClFNO4.Na/c1-22(2,21(26)27)29-20-12-15(13-5-4-6-16(9-13)28-3)11-19(25-20)14-7-8-17(23)18(24)10-14;/h4-12H,1-3H3,(H,26,27);/q;+1/p-1. The Morgan fingerprint density at radius 2 is 1.80 bits per heavy atom. The van der Waals surface area contributed by atoms with E-state index in [0.717, 1.165) is 5.56 Å². The predicted octanol–water partition coefficient (Wildman–Crippen LogP) is 1.13. The van der Waals surface area contributed by atoms with Crippen molar-refractivity contribution in [3.8, 4) is 34.0 Å². The van der Waals surface area contributed by atoms with Gasteiger partial charge in [-0.1, -0.05) is 29.8 Å². The summed E-state index contributed by atoms with van der Waals surface area (Å²) in [5.41, 5.74) is 0.729. The van der Waals surface area contributed by atoms with Gasteiger partial charge in [0.15, 0.2) is 0 Å². The van der Waals surface area contributed by atoms with Gasteiger partial charge < -0.3 is 19.4 Å². The molecular weight excluding hydrogens is 420 g/mol. The number of pyridine rings is 1. The Labute approximate surface area is 201 Å². The zero-order valence-electron chi connectivity index (χ0n) is 17.0. The van der Waals surface area contributed by atoms with Gasteiger partial charge in [0, 0.05) is 11.6 Å². The summed E-state index contributed by atoms with van der Waals surface area (Å²) in [6.07, 6.45) is 0. The first-order valence-electron chi connectivity index (χ1n) is 8.72. The van der Waals surface area contributed by atoms with Gasteiger partial charge >= 0.3 is 29.6 Å². The first-order chi connectivity index (χ1) is 13.7. The molecule has 8 heteroatoms. The second-order valence-electron chi connectivity index (χ2n) is 6.84. The number of carboxylic acid groups (broad SMARTS) is 1. The number of ether oxygens (including phenoxy) is 2. The number of methoxy groups -OCH3 is 1. The van der Waals surface area contributed by atoms with Gasteiger partial charge in [-0.25, -0.2) is 9.37 Å². The number of aliphatic carboxylic acids is 1. The van der Waals surface area contributed by atoms with Crippen LogP contribution in [0.15, 0.2) is 54.6 Å². The quantitative estimate of drug-likeness (QED) is 0.541. The molecule has 0 bridgehead atoms. The number of carbonyl (C=O) groups is 1. The fourth-order valence-electron chi connectivity index (χ4n) is 2.63. The molecule has 5 nitrogen and oxygen atoms in total. The van der Waals surface area contributed by atoms with E-state index >= 15 is 0 Å². The maximum Gasteiger partial charge on any atom is 1.00 e. The van der Waals surface area contributed by atoms with Crippen LogP contribution in [-0.4, -0.2) is 23.7 Å². The summed E-state index contributed by atoms with van der Waals surface area (Å²) in [7, 11) is 1.56. The zero-order valence-corrected chi connectivity index (χ0v) is 19.8. The Morgan fingerprint density at radius 3 is 2.43 bits per heavy atom. The molecule has 0 aliphatic rings. The molecule has 1 aromatic heterocycles. The molecule has 2 aromatic carbocycles. The zero-order chi connectivity index (χ0) is 21.2. The normalized spacial score (nSPS) is 10.8. The number of aromatic nitrogens is 1. The van der Waals surface area contributed by atoms with Crippen LogP contribution in [0.5, 0.6) is 11.6 Å². The molecular formula is C22H18ClFNNaO4. The number of hydrogen-bond acceptors (Lipinski definition) is 5. The van der Waals surface area contributed by atoms with Crippen LogP contribution in [0.4, 0.5) is 4.39 Å². The van der Waals surface area contributed by atoms with E-state index in [9.17, 15) is 14.3 Å². The first-order valence-corrected chi connectivity index (χ1v) is 9.10. The molecule has 0 fully saturated rings. The van der Waals surface area contributed by atoms with Crippen LogP contribution < -0.4 is 44.1 Å². The molecule has 30 heavy (non-hydrogen) atoms. The summed E-state index contributed by atoms with van der Waals surface area (Å²) in [5, 5.41) is 11.3. The van der Waals surface area contributed by atoms with Gasteiger partial charge in [-0.15, -0.1) is 0 Å². The van der Waals surface area contributed by atoms with Crippen molar-refractivity contribution in [2.45, 2.75) is 19.4 Å². The molecule has 0 unspecified atom stereocenters. The maximum atomic E-state index is 14.0. The molecule has 0 saturated heterocycles. The number of rotatable bonds is 6. The van der Waals surface area contributed by atoms with Crippen molar-refractivity contribution in [1.82, 2.24) is 4.98 Å². The van der Waals surface area contributed by atoms with Gasteiger partial charge in [-0.3, -0.25) is 0 Å². The predicted molar refractivity (Wildman–Crippen MR) is 106 cm³/mol. The Hall–Kier alpha value is -2.12. The van der Waals surface area contributed by atoms with E-state index in [-0.39, 0.29) is 40.5 Å². The second-order valence-corrected chi connectivity index (χ2v) is 7.25. The van der Waals surface area contributed by atoms with Crippen LogP contribution in [-0.2, 0) is 4.79 Å². The van der Waals surface area contributed by atoms with Crippen LogP contribution >= 0.6 is 11.6 Å². The summed E-state index contributed by atoms with van der Waals surface area (Å²) >= 11 is 5.78. The Kier molecular flexibility index (Phi) is 7.88. The van der Waals surface area contributed by atoms with E-state index in [1.165, 1.54) is 26.0 Å². The molecule has 0 radical (unpaired) electrons. The first kappa shape index (κ1) is 24.2. The molecule has 0 aliphatic heterocycles. The number of carboxylic acids is 1. The second kappa shape index (κ2) is 9.79. The van der Waals surface area contributed by atoms with Crippen molar-refractivity contribution in [2.75, 3.05) is 7.11 Å². The minimum absolute atomic E-state index is 0. The third-order valence-electron chi connectivity index (χ3n) is 4.27. The fourth-order valence-corrected chi connectivity index (χ4v) is 2.75. The van der Waals surface area contributed by atoms with Crippen molar-refractivity contribution in [1.29, 1.82) is 0 Å². The molecule has 0 atom stereocenters. The van der Waals surface area contributed by atoms with E-state index in [2.05, 4.69) is 4.98 Å². The van der Waals surface area contributed by atoms with Crippen LogP contribution in [0.25, 0.3) is 22.4 Å². The smallest absolute Gasteiger partial charge is 0.546 e.